The molecule has 11 nitrogen and oxygen atoms in total. The molecule has 47 heavy (non-hydrogen) atoms. The molecule has 4 aromatic rings. The summed E-state index contributed by atoms with van der Waals surface area (Å²) in [7, 11) is 4.66. The fraction of sp³-hybridized carbons (Fsp3) is 0.343. The van der Waals surface area contributed by atoms with Crippen LogP contribution in [0.3, 0.4) is 0 Å². The van der Waals surface area contributed by atoms with Gasteiger partial charge in [-0.25, -0.2) is 4.98 Å². The molecule has 0 spiro atoms. The lowest BCUT2D eigenvalue weighted by molar-refractivity contribution is -0.120. The molecule has 2 heterocycles. The smallest absolute Gasteiger partial charge is 0.248 e. The molecule has 0 saturated carbocycles. The third-order valence-electron chi connectivity index (χ3n) is 8.38. The van der Waals surface area contributed by atoms with E-state index in [0.29, 0.717) is 64.2 Å². The Kier molecular flexibility index (Phi) is 10.4. The Balaban J connectivity index is 1.56. The number of thiazole rings is 1. The lowest BCUT2D eigenvalue weighted by Crippen LogP contribution is -2.40. The first-order valence-electron chi connectivity index (χ1n) is 15.4. The molecule has 0 fully saturated rings. The van der Waals surface area contributed by atoms with Crippen molar-refractivity contribution >= 4 is 34.0 Å². The summed E-state index contributed by atoms with van der Waals surface area (Å²) < 4.78 is 17.2. The Morgan fingerprint density at radius 2 is 1.83 bits per heavy atom. The van der Waals surface area contributed by atoms with Gasteiger partial charge in [-0.1, -0.05) is 32.4 Å². The molecule has 2 aromatic carbocycles. The van der Waals surface area contributed by atoms with Crippen LogP contribution in [-0.4, -0.2) is 49.2 Å². The zero-order chi connectivity index (χ0) is 33.7. The fourth-order valence-electron chi connectivity index (χ4n) is 5.84. The second kappa shape index (κ2) is 14.6. The quantitative estimate of drug-likeness (QED) is 0.181. The number of aromatic nitrogens is 2. The van der Waals surface area contributed by atoms with Crippen molar-refractivity contribution in [1.29, 1.82) is 0 Å². The second-order valence-electron chi connectivity index (χ2n) is 11.3. The van der Waals surface area contributed by atoms with Gasteiger partial charge in [0.15, 0.2) is 16.6 Å². The maximum Gasteiger partial charge on any atom is 0.248 e. The number of nitrogens with one attached hydrogen (secondary N) is 3. The number of pyridine rings is 1. The summed E-state index contributed by atoms with van der Waals surface area (Å²) in [6.07, 6.45) is 3.50. The number of aryl methyl sites for hydroxylation is 1. The van der Waals surface area contributed by atoms with Crippen LogP contribution in [-0.2, 0) is 16.0 Å². The molecule has 1 aliphatic carbocycles. The topological polar surface area (TPSA) is 141 Å². The van der Waals surface area contributed by atoms with Gasteiger partial charge in [-0.15, -0.1) is 11.3 Å². The maximum atomic E-state index is 13.9. The number of carbonyl (C=O) groups is 2. The first kappa shape index (κ1) is 33.4. The largest absolute Gasteiger partial charge is 0.493 e. The number of fused-ring (bicyclic) bond motifs is 3. The molecule has 0 unspecified atom stereocenters. The van der Waals surface area contributed by atoms with Gasteiger partial charge in [-0.2, -0.15) is 0 Å². The number of ether oxygens (including phenoxy) is 3. The van der Waals surface area contributed by atoms with Crippen molar-refractivity contribution < 1.29 is 23.8 Å². The fourth-order valence-corrected chi connectivity index (χ4v) is 6.55. The number of anilines is 2. The highest BCUT2D eigenvalue weighted by Crippen LogP contribution is 2.50. The van der Waals surface area contributed by atoms with Crippen LogP contribution in [0.15, 0.2) is 58.8 Å². The lowest BCUT2D eigenvalue weighted by Gasteiger charge is -2.23. The summed E-state index contributed by atoms with van der Waals surface area (Å²) in [6.45, 7) is 5.40. The van der Waals surface area contributed by atoms with Crippen molar-refractivity contribution in [3.05, 3.63) is 75.4 Å². The van der Waals surface area contributed by atoms with Gasteiger partial charge in [0.25, 0.3) is 0 Å². The molecule has 1 aliphatic rings. The van der Waals surface area contributed by atoms with E-state index in [1.165, 1.54) is 24.3 Å². The second-order valence-corrected chi connectivity index (χ2v) is 12.2. The highest BCUT2D eigenvalue weighted by molar-refractivity contribution is 7.14. The normalized spacial score (nSPS) is 14.8. The first-order chi connectivity index (χ1) is 22.7. The summed E-state index contributed by atoms with van der Waals surface area (Å²) in [6, 6.07) is 11.3. The van der Waals surface area contributed by atoms with Crippen LogP contribution in [0.4, 0.5) is 10.8 Å². The van der Waals surface area contributed by atoms with Crippen LogP contribution in [0.2, 0.25) is 0 Å². The van der Waals surface area contributed by atoms with E-state index in [1.807, 2.05) is 49.6 Å². The van der Waals surface area contributed by atoms with Crippen molar-refractivity contribution in [3.63, 3.8) is 0 Å². The van der Waals surface area contributed by atoms with Gasteiger partial charge < -0.3 is 30.2 Å². The van der Waals surface area contributed by atoms with E-state index in [1.54, 1.807) is 33.6 Å². The van der Waals surface area contributed by atoms with Crippen molar-refractivity contribution in [2.75, 3.05) is 32.0 Å². The van der Waals surface area contributed by atoms with Gasteiger partial charge in [0, 0.05) is 24.1 Å². The summed E-state index contributed by atoms with van der Waals surface area (Å²) in [5.41, 5.74) is 4.30. The van der Waals surface area contributed by atoms with Crippen LogP contribution >= 0.6 is 11.3 Å². The summed E-state index contributed by atoms with van der Waals surface area (Å²) in [5.74, 6) is 0.751. The van der Waals surface area contributed by atoms with Gasteiger partial charge in [0.05, 0.1) is 38.8 Å². The average molecular weight is 658 g/mol. The van der Waals surface area contributed by atoms with Gasteiger partial charge in [-0.3, -0.25) is 19.4 Å². The van der Waals surface area contributed by atoms with E-state index in [2.05, 4.69) is 25.9 Å². The van der Waals surface area contributed by atoms with Gasteiger partial charge in [-0.05, 0) is 65.8 Å². The molecular formula is C35H39N5O6S. The molecule has 2 amide bonds. The van der Waals surface area contributed by atoms with E-state index in [-0.39, 0.29) is 28.8 Å². The van der Waals surface area contributed by atoms with E-state index >= 15 is 0 Å². The minimum absolute atomic E-state index is 0.127. The minimum atomic E-state index is -0.741. The van der Waals surface area contributed by atoms with Crippen molar-refractivity contribution in [1.82, 2.24) is 15.3 Å². The number of amides is 2. The Bertz CT molecular complexity index is 1830. The Morgan fingerprint density at radius 1 is 1.04 bits per heavy atom. The predicted octanol–water partition coefficient (Wildman–Crippen LogP) is 5.85. The van der Waals surface area contributed by atoms with E-state index in [9.17, 15) is 14.4 Å². The van der Waals surface area contributed by atoms with Gasteiger partial charge >= 0.3 is 0 Å². The maximum absolute atomic E-state index is 13.9. The number of benzene rings is 1. The number of methoxy groups -OCH3 is 3. The van der Waals surface area contributed by atoms with E-state index < -0.39 is 12.1 Å². The van der Waals surface area contributed by atoms with Crippen molar-refractivity contribution in [3.8, 4) is 39.8 Å². The highest BCUT2D eigenvalue weighted by atomic mass is 32.1. The number of hydrogen-bond acceptors (Lipinski definition) is 10. The highest BCUT2D eigenvalue weighted by Gasteiger charge is 2.30. The molecule has 5 rings (SSSR count). The van der Waals surface area contributed by atoms with Crippen LogP contribution in [0.5, 0.6) is 17.2 Å². The summed E-state index contributed by atoms with van der Waals surface area (Å²) >= 11 is 1.31. The molecule has 0 saturated heterocycles. The molecule has 0 radical (unpaired) electrons. The zero-order valence-corrected chi connectivity index (χ0v) is 28.1. The SMILES string of the molecule is CC[C@H](C)[C@@H](Nc1ccc2c(cc1=O)[C@@H](NC(C)=O)CCc1cc(OC)c(OC)c(OC)c1-2)C(=O)Nc1nc(-c2ccccn2)cs1. The zero-order valence-electron chi connectivity index (χ0n) is 27.3. The average Bonchev–Trinajstić information content (AvgIpc) is 3.42. The Labute approximate surface area is 277 Å². The Hall–Kier alpha value is -4.97. The number of rotatable bonds is 11. The molecule has 3 N–H and O–H groups in total. The van der Waals surface area contributed by atoms with Gasteiger partial charge in [0.2, 0.25) is 23.0 Å². The van der Waals surface area contributed by atoms with E-state index in [0.717, 1.165) is 11.1 Å². The monoisotopic (exact) mass is 657 g/mol. The van der Waals surface area contributed by atoms with Crippen LogP contribution in [0.25, 0.3) is 22.5 Å². The van der Waals surface area contributed by atoms with Crippen LogP contribution in [0, 0.1) is 5.92 Å². The predicted molar refractivity (Wildman–Crippen MR) is 184 cm³/mol. The molecule has 246 valence electrons. The minimum Gasteiger partial charge on any atom is -0.493 e. The van der Waals surface area contributed by atoms with Crippen molar-refractivity contribution in [2.45, 2.75) is 52.1 Å². The third-order valence-corrected chi connectivity index (χ3v) is 9.14. The van der Waals surface area contributed by atoms with Crippen LogP contribution < -0.4 is 35.6 Å². The first-order valence-corrected chi connectivity index (χ1v) is 16.3. The third kappa shape index (κ3) is 7.07. The molecular weight excluding hydrogens is 618 g/mol. The summed E-state index contributed by atoms with van der Waals surface area (Å²) in [4.78, 5) is 48.8. The number of hydrogen-bond donors (Lipinski definition) is 3. The number of nitrogens with zero attached hydrogens (tertiary/aromatic N) is 2. The standard InChI is InChI=1S/C35H39N5O6S/c1-7-19(2)31(34(43)40-35-39-27(18-47-35)25-10-8-9-15-36-25)38-26-14-12-22-23(17-28(26)42)24(37-20(3)41)13-11-21-16-29(44-4)32(45-5)33(46-6)30(21)22/h8-10,12,14-19,24,31H,7,11,13H2,1-6H3,(H,37,41)(H,38,42)(H,39,40,43)/t19-,24-,31+/m0/s1. The van der Waals surface area contributed by atoms with Gasteiger partial charge in [0.1, 0.15) is 11.7 Å². The molecule has 12 heteroatoms. The molecule has 0 aliphatic heterocycles. The number of carbonyl (C=O) groups excluding carboxylic acids is 2. The molecule has 2 aromatic heterocycles. The summed E-state index contributed by atoms with van der Waals surface area (Å²) in [5, 5.41) is 11.5. The van der Waals surface area contributed by atoms with E-state index in [4.69, 9.17) is 14.2 Å². The lowest BCUT2D eigenvalue weighted by atomic mass is 9.95. The Morgan fingerprint density at radius 3 is 2.49 bits per heavy atom. The molecule has 0 bridgehead atoms. The van der Waals surface area contributed by atoms with Crippen molar-refractivity contribution in [2.24, 2.45) is 5.92 Å². The van der Waals surface area contributed by atoms with Crippen LogP contribution in [0.1, 0.15) is 50.8 Å². The molecule has 3 atom stereocenters.